The van der Waals surface area contributed by atoms with Crippen molar-refractivity contribution in [1.29, 1.82) is 0 Å². The van der Waals surface area contributed by atoms with Crippen LogP contribution in [0.4, 0.5) is 5.69 Å². The molecule has 2 aromatic carbocycles. The van der Waals surface area contributed by atoms with E-state index in [1.807, 2.05) is 54.6 Å². The van der Waals surface area contributed by atoms with Crippen molar-refractivity contribution in [2.75, 3.05) is 11.9 Å². The minimum Gasteiger partial charge on any atom is -0.455 e. The first kappa shape index (κ1) is 17.9. The molecule has 5 heteroatoms. The van der Waals surface area contributed by atoms with Crippen LogP contribution in [0.2, 0.25) is 0 Å². The molecule has 0 radical (unpaired) electrons. The van der Waals surface area contributed by atoms with Gasteiger partial charge < -0.3 is 10.1 Å². The highest BCUT2D eigenvalue weighted by Gasteiger charge is 2.40. The zero-order valence-electron chi connectivity index (χ0n) is 14.8. The largest absolute Gasteiger partial charge is 0.455 e. The van der Waals surface area contributed by atoms with Crippen molar-refractivity contribution in [2.24, 2.45) is 17.8 Å². The first-order valence-electron chi connectivity index (χ1n) is 9.16. The first-order valence-corrected chi connectivity index (χ1v) is 9.97. The first-order chi connectivity index (χ1) is 13.2. The summed E-state index contributed by atoms with van der Waals surface area (Å²) in [4.78, 5) is 26.6. The number of anilines is 1. The average Bonchev–Trinajstić information content (AvgIpc) is 3.32. The van der Waals surface area contributed by atoms with Gasteiger partial charge in [-0.1, -0.05) is 54.2 Å². The van der Waals surface area contributed by atoms with Crippen molar-refractivity contribution in [3.8, 4) is 0 Å². The lowest BCUT2D eigenvalue weighted by Crippen LogP contribution is -2.26. The number of carbonyl (C=O) groups excluding carboxylic acids is 2. The Balaban J connectivity index is 1.33. The fourth-order valence-electron chi connectivity index (χ4n) is 3.76. The van der Waals surface area contributed by atoms with Gasteiger partial charge in [-0.05, 0) is 48.9 Å². The smallest absolute Gasteiger partial charge is 0.310 e. The van der Waals surface area contributed by atoms with Crippen LogP contribution in [-0.4, -0.2) is 18.5 Å². The molecule has 0 heterocycles. The molecule has 0 aromatic heterocycles. The van der Waals surface area contributed by atoms with Crippen molar-refractivity contribution in [3.05, 3.63) is 66.7 Å². The Morgan fingerprint density at radius 3 is 2.52 bits per heavy atom. The summed E-state index contributed by atoms with van der Waals surface area (Å²) in [6.07, 6.45) is 6.17. The van der Waals surface area contributed by atoms with Crippen LogP contribution in [0.25, 0.3) is 0 Å². The number of amides is 1. The molecule has 2 aliphatic carbocycles. The number of ether oxygens (including phenoxy) is 1. The summed E-state index contributed by atoms with van der Waals surface area (Å²) in [6.45, 7) is -0.249. The van der Waals surface area contributed by atoms with Gasteiger partial charge in [0.15, 0.2) is 6.61 Å². The van der Waals surface area contributed by atoms with Crippen LogP contribution in [0, 0.1) is 17.8 Å². The van der Waals surface area contributed by atoms with E-state index in [0.717, 1.165) is 28.3 Å². The summed E-state index contributed by atoms with van der Waals surface area (Å²) in [5.41, 5.74) is 0.718. The molecule has 2 aromatic rings. The quantitative estimate of drug-likeness (QED) is 0.592. The zero-order valence-corrected chi connectivity index (χ0v) is 15.7. The molecule has 4 rings (SSSR count). The van der Waals surface area contributed by atoms with Gasteiger partial charge in [-0.15, -0.1) is 0 Å². The topological polar surface area (TPSA) is 55.4 Å². The van der Waals surface area contributed by atoms with E-state index in [4.69, 9.17) is 4.74 Å². The molecule has 1 saturated carbocycles. The fourth-order valence-corrected chi connectivity index (χ4v) is 4.68. The van der Waals surface area contributed by atoms with Crippen molar-refractivity contribution >= 4 is 29.3 Å². The third kappa shape index (κ3) is 4.25. The van der Waals surface area contributed by atoms with Crippen LogP contribution in [0.5, 0.6) is 0 Å². The van der Waals surface area contributed by atoms with Crippen LogP contribution < -0.4 is 5.32 Å². The SMILES string of the molecule is O=C(COC(=O)[C@H]1C[C@H]2C=C[C@H]1C2)Nc1ccccc1Sc1ccccc1. The van der Waals surface area contributed by atoms with Crippen molar-refractivity contribution in [1.82, 2.24) is 0 Å². The number of carbonyl (C=O) groups is 2. The van der Waals surface area contributed by atoms with E-state index in [2.05, 4.69) is 17.5 Å². The molecule has 0 unspecified atom stereocenters. The molecule has 1 fully saturated rings. The summed E-state index contributed by atoms with van der Waals surface area (Å²) in [5.74, 6) is 0.127. The number of hydrogen-bond donors (Lipinski definition) is 1. The van der Waals surface area contributed by atoms with E-state index in [-0.39, 0.29) is 30.3 Å². The van der Waals surface area contributed by atoms with Gasteiger partial charge in [0.1, 0.15) is 0 Å². The summed E-state index contributed by atoms with van der Waals surface area (Å²) in [5, 5.41) is 2.86. The Hall–Kier alpha value is -2.53. The monoisotopic (exact) mass is 379 g/mol. The second-order valence-corrected chi connectivity index (χ2v) is 8.07. The minimum absolute atomic E-state index is 0.0891. The summed E-state index contributed by atoms with van der Waals surface area (Å²) in [7, 11) is 0. The van der Waals surface area contributed by atoms with E-state index < -0.39 is 0 Å². The molecule has 0 spiro atoms. The van der Waals surface area contributed by atoms with Crippen LogP contribution in [-0.2, 0) is 14.3 Å². The number of fused-ring (bicyclic) bond motifs is 2. The predicted octanol–water partition coefficient (Wildman–Crippen LogP) is 4.53. The average molecular weight is 379 g/mol. The van der Waals surface area contributed by atoms with E-state index in [0.29, 0.717) is 5.92 Å². The number of benzene rings is 2. The predicted molar refractivity (Wildman–Crippen MR) is 105 cm³/mol. The van der Waals surface area contributed by atoms with E-state index >= 15 is 0 Å². The van der Waals surface area contributed by atoms with Crippen LogP contribution >= 0.6 is 11.8 Å². The van der Waals surface area contributed by atoms with Crippen LogP contribution in [0.3, 0.4) is 0 Å². The minimum atomic E-state index is -0.317. The number of hydrogen-bond acceptors (Lipinski definition) is 4. The van der Waals surface area contributed by atoms with Gasteiger partial charge in [-0.3, -0.25) is 9.59 Å². The maximum Gasteiger partial charge on any atom is 0.310 e. The van der Waals surface area contributed by atoms with E-state index in [1.165, 1.54) is 0 Å². The summed E-state index contributed by atoms with van der Waals surface area (Å²) < 4.78 is 5.28. The highest BCUT2D eigenvalue weighted by molar-refractivity contribution is 7.99. The summed E-state index contributed by atoms with van der Waals surface area (Å²) >= 11 is 1.58. The molecular weight excluding hydrogens is 358 g/mol. The molecule has 2 aliphatic rings. The number of allylic oxidation sites excluding steroid dienone is 2. The molecule has 3 atom stereocenters. The van der Waals surface area contributed by atoms with E-state index in [1.54, 1.807) is 11.8 Å². The second-order valence-electron chi connectivity index (χ2n) is 6.95. The number of rotatable bonds is 6. The molecule has 0 saturated heterocycles. The van der Waals surface area contributed by atoms with Gasteiger partial charge in [-0.25, -0.2) is 0 Å². The molecule has 4 nitrogen and oxygen atoms in total. The number of esters is 1. The Kier molecular flexibility index (Phi) is 5.30. The van der Waals surface area contributed by atoms with Gasteiger partial charge in [0.2, 0.25) is 0 Å². The van der Waals surface area contributed by atoms with Crippen LogP contribution in [0.15, 0.2) is 76.5 Å². The Labute approximate surface area is 163 Å². The highest BCUT2D eigenvalue weighted by Crippen LogP contribution is 2.43. The molecular formula is C22H21NO3S. The second kappa shape index (κ2) is 8.01. The van der Waals surface area contributed by atoms with Crippen molar-refractivity contribution < 1.29 is 14.3 Å². The van der Waals surface area contributed by atoms with Crippen molar-refractivity contribution in [3.63, 3.8) is 0 Å². The molecule has 0 aliphatic heterocycles. The fraction of sp³-hybridized carbons (Fsp3) is 0.273. The van der Waals surface area contributed by atoms with Gasteiger partial charge in [0, 0.05) is 9.79 Å². The Morgan fingerprint density at radius 1 is 1.00 bits per heavy atom. The lowest BCUT2D eigenvalue weighted by molar-refractivity contribution is -0.152. The lowest BCUT2D eigenvalue weighted by atomic mass is 9.94. The molecule has 27 heavy (non-hydrogen) atoms. The third-order valence-corrected chi connectivity index (χ3v) is 6.14. The molecule has 2 bridgehead atoms. The Bertz CT molecular complexity index is 865. The number of nitrogens with one attached hydrogen (secondary N) is 1. The van der Waals surface area contributed by atoms with Crippen molar-refractivity contribution in [2.45, 2.75) is 22.6 Å². The van der Waals surface area contributed by atoms with Gasteiger partial charge >= 0.3 is 5.97 Å². The van der Waals surface area contributed by atoms with Gasteiger partial charge in [-0.2, -0.15) is 0 Å². The molecule has 1 N–H and O–H groups in total. The maximum absolute atomic E-state index is 12.3. The summed E-state index contributed by atoms with van der Waals surface area (Å²) in [6, 6.07) is 17.6. The Morgan fingerprint density at radius 2 is 1.78 bits per heavy atom. The zero-order chi connectivity index (χ0) is 18.6. The van der Waals surface area contributed by atoms with Crippen LogP contribution in [0.1, 0.15) is 12.8 Å². The normalized spacial score (nSPS) is 22.6. The standard InChI is InChI=1S/C22H21NO3S/c24-21(14-26-22(25)18-13-15-10-11-16(18)12-15)23-19-8-4-5-9-20(19)27-17-6-2-1-3-7-17/h1-11,15-16,18H,12-14H2,(H,23,24)/t15-,16-,18-/m0/s1. The van der Waals surface area contributed by atoms with Gasteiger partial charge in [0.25, 0.3) is 5.91 Å². The van der Waals surface area contributed by atoms with Gasteiger partial charge in [0.05, 0.1) is 11.6 Å². The molecule has 138 valence electrons. The van der Waals surface area contributed by atoms with E-state index in [9.17, 15) is 9.59 Å². The lowest BCUT2D eigenvalue weighted by Gasteiger charge is -2.16. The third-order valence-electron chi connectivity index (χ3n) is 5.06. The maximum atomic E-state index is 12.3. The highest BCUT2D eigenvalue weighted by atomic mass is 32.2. The molecule has 1 amide bonds. The number of para-hydroxylation sites is 1.